The van der Waals surface area contributed by atoms with E-state index in [1.165, 1.54) is 0 Å². The largest absolute Gasteiger partial charge is 0.417 e. The van der Waals surface area contributed by atoms with Gasteiger partial charge in [-0.3, -0.25) is 9.52 Å². The zero-order valence-electron chi connectivity index (χ0n) is 10.9. The number of benzene rings is 1. The molecule has 0 spiro atoms. The summed E-state index contributed by atoms with van der Waals surface area (Å²) in [6.45, 7) is 0. The lowest BCUT2D eigenvalue weighted by Crippen LogP contribution is -2.22. The summed E-state index contributed by atoms with van der Waals surface area (Å²) in [5.74, 6) is -0.923. The van der Waals surface area contributed by atoms with Crippen molar-refractivity contribution < 1.29 is 26.0 Å². The molecule has 11 heteroatoms. The number of rotatable bonds is 3. The van der Waals surface area contributed by atoms with Gasteiger partial charge in [0.15, 0.2) is 0 Å². The van der Waals surface area contributed by atoms with Gasteiger partial charge in [0, 0.05) is 6.20 Å². The third kappa shape index (κ3) is 3.82. The van der Waals surface area contributed by atoms with Gasteiger partial charge in [0.1, 0.15) is 16.4 Å². The van der Waals surface area contributed by atoms with Crippen LogP contribution in [0.2, 0.25) is 5.02 Å². The fourth-order valence-electron chi connectivity index (χ4n) is 1.61. The van der Waals surface area contributed by atoms with Crippen molar-refractivity contribution in [1.82, 2.24) is 4.98 Å². The predicted octanol–water partition coefficient (Wildman–Crippen LogP) is 2.99. The molecule has 0 aliphatic carbocycles. The molecule has 124 valence electrons. The van der Waals surface area contributed by atoms with Gasteiger partial charge in [0.2, 0.25) is 0 Å². The molecule has 0 unspecified atom stereocenters. The van der Waals surface area contributed by atoms with Gasteiger partial charge in [-0.15, -0.1) is 0 Å². The van der Waals surface area contributed by atoms with Crippen LogP contribution in [0, 0.1) is 5.82 Å². The van der Waals surface area contributed by atoms with Gasteiger partial charge in [0.25, 0.3) is 15.6 Å². The SMILES string of the molecule is O=c1[nH]cc(C(F)(F)F)cc1NS(=O)(=O)c1cc(F)ccc1Cl. The molecule has 0 saturated carbocycles. The minimum absolute atomic E-state index is 0.323. The third-order valence-corrected chi connectivity index (χ3v) is 4.50. The maximum atomic E-state index is 13.1. The Morgan fingerprint density at radius 3 is 2.43 bits per heavy atom. The van der Waals surface area contributed by atoms with Crippen molar-refractivity contribution in [3.63, 3.8) is 0 Å². The lowest BCUT2D eigenvalue weighted by atomic mass is 10.2. The number of aromatic amines is 1. The van der Waals surface area contributed by atoms with Crippen LogP contribution in [0.1, 0.15) is 5.56 Å². The van der Waals surface area contributed by atoms with Gasteiger partial charge in [-0.2, -0.15) is 13.2 Å². The Kier molecular flexibility index (Phi) is 4.40. The van der Waals surface area contributed by atoms with Crippen molar-refractivity contribution in [2.75, 3.05) is 4.72 Å². The van der Waals surface area contributed by atoms with Gasteiger partial charge in [-0.25, -0.2) is 12.8 Å². The Labute approximate surface area is 132 Å². The number of nitrogens with one attached hydrogen (secondary N) is 2. The topological polar surface area (TPSA) is 79.0 Å². The Morgan fingerprint density at radius 1 is 1.17 bits per heavy atom. The maximum absolute atomic E-state index is 13.1. The van der Waals surface area contributed by atoms with E-state index >= 15 is 0 Å². The Hall–Kier alpha value is -2.07. The van der Waals surface area contributed by atoms with E-state index in [1.807, 2.05) is 0 Å². The summed E-state index contributed by atoms with van der Waals surface area (Å²) in [6, 6.07) is 2.76. The van der Waals surface area contributed by atoms with Crippen molar-refractivity contribution in [2.45, 2.75) is 11.1 Å². The lowest BCUT2D eigenvalue weighted by Gasteiger charge is -2.11. The summed E-state index contributed by atoms with van der Waals surface area (Å²) in [5, 5.41) is -0.359. The number of alkyl halides is 3. The van der Waals surface area contributed by atoms with Crippen LogP contribution >= 0.6 is 11.6 Å². The minimum Gasteiger partial charge on any atom is -0.327 e. The predicted molar refractivity (Wildman–Crippen MR) is 74.3 cm³/mol. The number of H-pyrrole nitrogens is 1. The van der Waals surface area contributed by atoms with E-state index in [1.54, 1.807) is 9.71 Å². The average molecular weight is 371 g/mol. The molecular formula is C12H7ClF4N2O3S. The Bertz CT molecular complexity index is 909. The normalized spacial score (nSPS) is 12.2. The standard InChI is InChI=1S/C12H7ClF4N2O3S/c13-8-2-1-7(14)4-10(8)23(21,22)19-9-3-6(12(15,16)17)5-18-11(9)20/h1-5,19H,(H,18,20). The molecule has 23 heavy (non-hydrogen) atoms. The van der Waals surface area contributed by atoms with E-state index in [0.29, 0.717) is 18.3 Å². The molecular weight excluding hydrogens is 364 g/mol. The van der Waals surface area contributed by atoms with E-state index in [-0.39, 0.29) is 5.02 Å². The quantitative estimate of drug-likeness (QED) is 0.815. The van der Waals surface area contributed by atoms with Crippen LogP contribution in [0.4, 0.5) is 23.2 Å². The molecule has 0 aliphatic heterocycles. The second-order valence-electron chi connectivity index (χ2n) is 4.31. The molecule has 0 bridgehead atoms. The fraction of sp³-hybridized carbons (Fsp3) is 0.0833. The van der Waals surface area contributed by atoms with Gasteiger partial charge in [0.05, 0.1) is 10.6 Å². The van der Waals surface area contributed by atoms with Gasteiger partial charge >= 0.3 is 6.18 Å². The van der Waals surface area contributed by atoms with E-state index in [0.717, 1.165) is 12.1 Å². The number of halogens is 5. The molecule has 0 amide bonds. The smallest absolute Gasteiger partial charge is 0.327 e. The number of sulfonamides is 1. The second-order valence-corrected chi connectivity index (χ2v) is 6.37. The number of hydrogen-bond acceptors (Lipinski definition) is 3. The van der Waals surface area contributed by atoms with Gasteiger partial charge in [-0.1, -0.05) is 11.6 Å². The highest BCUT2D eigenvalue weighted by Gasteiger charge is 2.32. The van der Waals surface area contributed by atoms with Gasteiger partial charge < -0.3 is 4.98 Å². The van der Waals surface area contributed by atoms with E-state index in [2.05, 4.69) is 0 Å². The molecule has 0 fully saturated rings. The van der Waals surface area contributed by atoms with E-state index in [9.17, 15) is 30.8 Å². The fourth-order valence-corrected chi connectivity index (χ4v) is 3.17. The molecule has 0 radical (unpaired) electrons. The molecule has 1 aromatic carbocycles. The number of aromatic nitrogens is 1. The molecule has 1 aromatic heterocycles. The van der Waals surface area contributed by atoms with Crippen LogP contribution < -0.4 is 10.3 Å². The summed E-state index contributed by atoms with van der Waals surface area (Å²) in [7, 11) is -4.56. The Balaban J connectivity index is 2.49. The van der Waals surface area contributed by atoms with Crippen molar-refractivity contribution >= 4 is 27.3 Å². The molecule has 2 rings (SSSR count). The highest BCUT2D eigenvalue weighted by atomic mass is 35.5. The first-order valence-electron chi connectivity index (χ1n) is 5.78. The van der Waals surface area contributed by atoms with Crippen LogP contribution in [0.5, 0.6) is 0 Å². The Morgan fingerprint density at radius 2 is 1.83 bits per heavy atom. The monoisotopic (exact) mass is 370 g/mol. The molecule has 1 heterocycles. The summed E-state index contributed by atoms with van der Waals surface area (Å²) in [5.41, 5.74) is -3.24. The average Bonchev–Trinajstić information content (AvgIpc) is 2.42. The van der Waals surface area contributed by atoms with Crippen LogP contribution in [0.25, 0.3) is 0 Å². The van der Waals surface area contributed by atoms with Crippen molar-refractivity contribution in [2.24, 2.45) is 0 Å². The summed E-state index contributed by atoms with van der Waals surface area (Å²) < 4.78 is 76.8. The summed E-state index contributed by atoms with van der Waals surface area (Å²) >= 11 is 5.64. The minimum atomic E-state index is -4.79. The molecule has 5 nitrogen and oxygen atoms in total. The number of hydrogen-bond donors (Lipinski definition) is 2. The first-order chi connectivity index (χ1) is 10.5. The molecule has 2 N–H and O–H groups in total. The molecule has 0 aliphatic rings. The first kappa shape index (κ1) is 17.3. The van der Waals surface area contributed by atoms with Crippen molar-refractivity contribution in [3.8, 4) is 0 Å². The van der Waals surface area contributed by atoms with E-state index in [4.69, 9.17) is 11.6 Å². The van der Waals surface area contributed by atoms with E-state index < -0.39 is 43.7 Å². The summed E-state index contributed by atoms with van der Waals surface area (Å²) in [4.78, 5) is 12.6. The van der Waals surface area contributed by atoms with Crippen LogP contribution in [0.15, 0.2) is 40.2 Å². The highest BCUT2D eigenvalue weighted by Crippen LogP contribution is 2.30. The van der Waals surface area contributed by atoms with Crippen molar-refractivity contribution in [3.05, 3.63) is 57.2 Å². The maximum Gasteiger partial charge on any atom is 0.417 e. The zero-order chi connectivity index (χ0) is 17.4. The molecule has 2 aromatic rings. The van der Waals surface area contributed by atoms with Crippen LogP contribution in [-0.2, 0) is 16.2 Å². The van der Waals surface area contributed by atoms with Gasteiger partial charge in [-0.05, 0) is 24.3 Å². The molecule has 0 atom stereocenters. The summed E-state index contributed by atoms with van der Waals surface area (Å²) in [6.07, 6.45) is -4.39. The van der Waals surface area contributed by atoms with Crippen molar-refractivity contribution in [1.29, 1.82) is 0 Å². The lowest BCUT2D eigenvalue weighted by molar-refractivity contribution is -0.137. The zero-order valence-corrected chi connectivity index (χ0v) is 12.5. The first-order valence-corrected chi connectivity index (χ1v) is 7.64. The second kappa shape index (κ2) is 5.85. The third-order valence-electron chi connectivity index (χ3n) is 2.66. The van der Waals surface area contributed by atoms with Crippen LogP contribution in [-0.4, -0.2) is 13.4 Å². The molecule has 0 saturated heterocycles. The highest BCUT2D eigenvalue weighted by molar-refractivity contribution is 7.92. The number of pyridine rings is 1. The van der Waals surface area contributed by atoms with Crippen LogP contribution in [0.3, 0.4) is 0 Å². The number of anilines is 1.